The van der Waals surface area contributed by atoms with Crippen LogP contribution in [0.3, 0.4) is 0 Å². The van der Waals surface area contributed by atoms with E-state index in [-0.39, 0.29) is 29.1 Å². The van der Waals surface area contributed by atoms with Crippen molar-refractivity contribution in [3.05, 3.63) is 103 Å². The van der Waals surface area contributed by atoms with Crippen molar-refractivity contribution in [2.24, 2.45) is 0 Å². The van der Waals surface area contributed by atoms with E-state index in [0.29, 0.717) is 0 Å². The fourth-order valence-corrected chi connectivity index (χ4v) is 4.43. The van der Waals surface area contributed by atoms with Gasteiger partial charge in [-0.25, -0.2) is 0 Å². The van der Waals surface area contributed by atoms with Crippen molar-refractivity contribution in [2.75, 3.05) is 0 Å². The highest BCUT2D eigenvalue weighted by Crippen LogP contribution is 2.41. The van der Waals surface area contributed by atoms with E-state index in [0.717, 1.165) is 16.0 Å². The maximum Gasteiger partial charge on any atom is 0.295 e. The molecule has 1 fully saturated rings. The van der Waals surface area contributed by atoms with Gasteiger partial charge in [-0.3, -0.25) is 19.7 Å². The van der Waals surface area contributed by atoms with Crippen LogP contribution in [0, 0.1) is 17.0 Å². The van der Waals surface area contributed by atoms with Crippen LogP contribution >= 0.6 is 11.3 Å². The number of amides is 1. The predicted octanol–water partition coefficient (Wildman–Crippen LogP) is 4.59. The summed E-state index contributed by atoms with van der Waals surface area (Å²) in [6, 6.07) is 15.6. The number of hydrogen-bond donors (Lipinski definition) is 1. The van der Waals surface area contributed by atoms with Crippen molar-refractivity contribution >= 4 is 34.5 Å². The third-order valence-corrected chi connectivity index (χ3v) is 6.14. The molecule has 1 N–H and O–H groups in total. The number of thiophene rings is 1. The lowest BCUT2D eigenvalue weighted by Crippen LogP contribution is -2.29. The summed E-state index contributed by atoms with van der Waals surface area (Å²) in [7, 11) is 0. The zero-order valence-electron chi connectivity index (χ0n) is 16.5. The molecule has 156 valence electrons. The number of aryl methyl sites for hydroxylation is 1. The van der Waals surface area contributed by atoms with Crippen molar-refractivity contribution in [3.63, 3.8) is 0 Å². The molecule has 4 rings (SSSR count). The van der Waals surface area contributed by atoms with Crippen LogP contribution in [0.25, 0.3) is 5.76 Å². The summed E-state index contributed by atoms with van der Waals surface area (Å²) in [4.78, 5) is 38.7. The number of likely N-dealkylation sites (tertiary alicyclic amines) is 1. The summed E-state index contributed by atoms with van der Waals surface area (Å²) >= 11 is 1.48. The van der Waals surface area contributed by atoms with E-state index >= 15 is 0 Å². The lowest BCUT2D eigenvalue weighted by molar-refractivity contribution is -0.384. The maximum absolute atomic E-state index is 13.0. The highest BCUT2D eigenvalue weighted by atomic mass is 32.1. The molecule has 0 saturated carbocycles. The van der Waals surface area contributed by atoms with Gasteiger partial charge >= 0.3 is 0 Å². The number of Topliss-reactive ketones (excluding diaryl/α,β-unsaturated/α-hetero) is 1. The molecular weight excluding hydrogens is 416 g/mol. The number of aliphatic hydroxyl groups is 1. The first-order valence-corrected chi connectivity index (χ1v) is 10.4. The van der Waals surface area contributed by atoms with Crippen LogP contribution in [-0.4, -0.2) is 26.6 Å². The Bertz CT molecular complexity index is 1200. The first kappa shape index (κ1) is 20.5. The van der Waals surface area contributed by atoms with Gasteiger partial charge in [-0.15, -0.1) is 11.3 Å². The van der Waals surface area contributed by atoms with Crippen molar-refractivity contribution in [1.29, 1.82) is 0 Å². The fraction of sp³-hybridized carbons (Fsp3) is 0.130. The summed E-state index contributed by atoms with van der Waals surface area (Å²) in [5.74, 6) is -1.82. The van der Waals surface area contributed by atoms with E-state index in [2.05, 4.69) is 0 Å². The Hall–Kier alpha value is -3.78. The molecule has 1 saturated heterocycles. The first-order chi connectivity index (χ1) is 14.9. The number of nitrogens with zero attached hydrogens (tertiary/aromatic N) is 2. The molecule has 1 atom stereocenters. The zero-order valence-corrected chi connectivity index (χ0v) is 17.3. The number of nitro groups is 1. The van der Waals surface area contributed by atoms with Crippen LogP contribution in [0.1, 0.15) is 27.6 Å². The van der Waals surface area contributed by atoms with Gasteiger partial charge in [-0.1, -0.05) is 30.3 Å². The summed E-state index contributed by atoms with van der Waals surface area (Å²) < 4.78 is 0. The van der Waals surface area contributed by atoms with Crippen molar-refractivity contribution in [1.82, 2.24) is 4.90 Å². The van der Waals surface area contributed by atoms with E-state index in [1.165, 1.54) is 40.5 Å². The van der Waals surface area contributed by atoms with Gasteiger partial charge in [0.15, 0.2) is 0 Å². The Kier molecular flexibility index (Phi) is 5.39. The molecule has 2 aromatic carbocycles. The van der Waals surface area contributed by atoms with Gasteiger partial charge in [0.2, 0.25) is 0 Å². The van der Waals surface area contributed by atoms with Gasteiger partial charge in [0.1, 0.15) is 5.76 Å². The molecule has 0 radical (unpaired) electrons. The number of nitro benzene ring substituents is 1. The lowest BCUT2D eigenvalue weighted by atomic mass is 9.92. The molecule has 0 bridgehead atoms. The van der Waals surface area contributed by atoms with Crippen LogP contribution in [-0.2, 0) is 16.1 Å². The molecule has 7 nitrogen and oxygen atoms in total. The molecule has 2 heterocycles. The number of benzene rings is 2. The summed E-state index contributed by atoms with van der Waals surface area (Å²) in [5, 5.41) is 23.8. The Morgan fingerprint density at radius 3 is 2.42 bits per heavy atom. The van der Waals surface area contributed by atoms with Gasteiger partial charge in [0.25, 0.3) is 17.4 Å². The van der Waals surface area contributed by atoms with Crippen LogP contribution < -0.4 is 0 Å². The van der Waals surface area contributed by atoms with E-state index < -0.39 is 22.7 Å². The molecule has 8 heteroatoms. The highest BCUT2D eigenvalue weighted by Gasteiger charge is 2.46. The minimum absolute atomic E-state index is 0.0234. The van der Waals surface area contributed by atoms with E-state index in [1.807, 2.05) is 48.7 Å². The lowest BCUT2D eigenvalue weighted by Gasteiger charge is -2.26. The second-order valence-corrected chi connectivity index (χ2v) is 8.20. The molecule has 3 aromatic rings. The van der Waals surface area contributed by atoms with E-state index in [9.17, 15) is 24.8 Å². The van der Waals surface area contributed by atoms with Gasteiger partial charge in [0.05, 0.1) is 23.1 Å². The number of non-ortho nitro benzene ring substituents is 1. The Morgan fingerprint density at radius 2 is 1.81 bits per heavy atom. The van der Waals surface area contributed by atoms with Crippen LogP contribution in [0.4, 0.5) is 5.69 Å². The quantitative estimate of drug-likeness (QED) is 0.208. The molecule has 1 aliphatic heterocycles. The number of carbonyl (C=O) groups is 2. The molecule has 1 aromatic heterocycles. The molecule has 31 heavy (non-hydrogen) atoms. The molecular formula is C23H18N2O5S. The third kappa shape index (κ3) is 3.73. The molecule has 1 amide bonds. The third-order valence-electron chi connectivity index (χ3n) is 5.28. The number of hydrogen-bond acceptors (Lipinski definition) is 6. The molecule has 0 aliphatic carbocycles. The Morgan fingerprint density at radius 1 is 1.10 bits per heavy atom. The van der Waals surface area contributed by atoms with Gasteiger partial charge in [0, 0.05) is 22.6 Å². The van der Waals surface area contributed by atoms with Crippen molar-refractivity contribution in [3.8, 4) is 0 Å². The number of aliphatic hydroxyl groups excluding tert-OH is 1. The average molecular weight is 434 g/mol. The maximum atomic E-state index is 13.0. The van der Waals surface area contributed by atoms with E-state index in [4.69, 9.17) is 0 Å². The summed E-state index contributed by atoms with van der Waals surface area (Å²) in [6.45, 7) is 2.12. The normalized spacial score (nSPS) is 17.8. The van der Waals surface area contributed by atoms with Gasteiger partial charge in [-0.05, 0) is 41.6 Å². The zero-order chi connectivity index (χ0) is 22.1. The van der Waals surface area contributed by atoms with Gasteiger partial charge < -0.3 is 10.0 Å². The largest absolute Gasteiger partial charge is 0.507 e. The number of rotatable bonds is 5. The predicted molar refractivity (Wildman–Crippen MR) is 116 cm³/mol. The highest BCUT2D eigenvalue weighted by molar-refractivity contribution is 7.09. The summed E-state index contributed by atoms with van der Waals surface area (Å²) in [5.41, 5.74) is 1.69. The van der Waals surface area contributed by atoms with Gasteiger partial charge in [-0.2, -0.15) is 0 Å². The minimum Gasteiger partial charge on any atom is -0.507 e. The van der Waals surface area contributed by atoms with Crippen molar-refractivity contribution < 1.29 is 19.6 Å². The minimum atomic E-state index is -0.777. The fourth-order valence-electron chi connectivity index (χ4n) is 3.73. The standard InChI is InChI=1S/C23H18N2O5S/c1-14-5-2-3-7-18(14)20-19(21(26)15-8-10-16(11-9-15)25(29)30)22(27)23(28)24(20)13-17-6-4-12-31-17/h2-12,20,26H,13H2,1H3/b21-19+. The van der Waals surface area contributed by atoms with Crippen molar-refractivity contribution in [2.45, 2.75) is 19.5 Å². The average Bonchev–Trinajstić information content (AvgIpc) is 3.36. The topological polar surface area (TPSA) is 101 Å². The Balaban J connectivity index is 1.86. The Labute approximate surface area is 182 Å². The van der Waals surface area contributed by atoms with Crippen LogP contribution in [0.5, 0.6) is 0 Å². The van der Waals surface area contributed by atoms with E-state index in [1.54, 1.807) is 0 Å². The number of carbonyl (C=O) groups excluding carboxylic acids is 2. The molecule has 0 spiro atoms. The second kappa shape index (κ2) is 8.16. The molecule has 1 aliphatic rings. The molecule has 1 unspecified atom stereocenters. The second-order valence-electron chi connectivity index (χ2n) is 7.17. The first-order valence-electron chi connectivity index (χ1n) is 9.49. The monoisotopic (exact) mass is 434 g/mol. The van der Waals surface area contributed by atoms with Crippen LogP contribution in [0.2, 0.25) is 0 Å². The SMILES string of the molecule is Cc1ccccc1C1/C(=C(\O)c2ccc([N+](=O)[O-])cc2)C(=O)C(=O)N1Cc1cccs1. The number of ketones is 1. The smallest absolute Gasteiger partial charge is 0.295 e. The summed E-state index contributed by atoms with van der Waals surface area (Å²) in [6.07, 6.45) is 0. The van der Waals surface area contributed by atoms with Crippen LogP contribution in [0.15, 0.2) is 71.6 Å².